The van der Waals surface area contributed by atoms with Crippen molar-refractivity contribution in [3.63, 3.8) is 0 Å². The third-order valence-corrected chi connectivity index (χ3v) is 9.18. The van der Waals surface area contributed by atoms with Crippen LogP contribution in [-0.2, 0) is 18.3 Å². The summed E-state index contributed by atoms with van der Waals surface area (Å²) in [5.74, 6) is -58.8. The Balaban J connectivity index is 2.18. The molecule has 0 heterocycles. The van der Waals surface area contributed by atoms with Gasteiger partial charge in [0.15, 0.2) is 5.41 Å². The molecule has 0 radical (unpaired) electrons. The van der Waals surface area contributed by atoms with Crippen LogP contribution in [0.4, 0.5) is 99.2 Å². The zero-order valence-corrected chi connectivity index (χ0v) is 28.4. The van der Waals surface area contributed by atoms with Crippen molar-refractivity contribution < 1.29 is 87.8 Å². The number of benzene rings is 4. The summed E-state index contributed by atoms with van der Waals surface area (Å²) in [5, 5.41) is 0. The molecule has 0 aliphatic heterocycles. The molecule has 318 valence electrons. The normalized spacial score (nSPS) is 14.5. The van der Waals surface area contributed by atoms with Crippen LogP contribution in [0.25, 0.3) is 0 Å². The number of nitrogens with two attached hydrogens (primary N) is 2. The number of halogens is 20. The second-order valence-electron chi connectivity index (χ2n) is 13.0. The summed E-state index contributed by atoms with van der Waals surface area (Å²) in [6.45, 7) is 0. The van der Waals surface area contributed by atoms with Gasteiger partial charge in [0.1, 0.15) is 0 Å². The highest BCUT2D eigenvalue weighted by atomic mass is 19.4. The molecule has 0 atom stereocenters. The molecule has 2 nitrogen and oxygen atoms in total. The van der Waals surface area contributed by atoms with Gasteiger partial charge in [0.05, 0.1) is 0 Å². The van der Waals surface area contributed by atoms with Crippen molar-refractivity contribution in [2.75, 3.05) is 11.5 Å². The minimum atomic E-state index is -8.67. The van der Waals surface area contributed by atoms with Crippen LogP contribution in [0.2, 0.25) is 0 Å². The Hall–Kier alpha value is -4.92. The summed E-state index contributed by atoms with van der Waals surface area (Å²) >= 11 is 0. The molecule has 0 saturated carbocycles. The van der Waals surface area contributed by atoms with E-state index >= 15 is 35.1 Å². The summed E-state index contributed by atoms with van der Waals surface area (Å²) in [5.41, 5.74) is -0.858. The number of hydrogen-bond acceptors (Lipinski definition) is 2. The third kappa shape index (κ3) is 6.92. The van der Waals surface area contributed by atoms with E-state index in [2.05, 4.69) is 0 Å². The van der Waals surface area contributed by atoms with Crippen molar-refractivity contribution >= 4 is 11.4 Å². The quantitative estimate of drug-likeness (QED) is 0.104. The van der Waals surface area contributed by atoms with Gasteiger partial charge in [-0.25, -0.2) is 0 Å². The molecular formula is C36H24F20N2. The first-order valence-electron chi connectivity index (χ1n) is 15.8. The second-order valence-corrected chi connectivity index (χ2v) is 13.0. The maximum atomic E-state index is 16.7. The third-order valence-electron chi connectivity index (χ3n) is 9.18. The van der Waals surface area contributed by atoms with Crippen molar-refractivity contribution in [3.8, 4) is 0 Å². The molecule has 0 aromatic heterocycles. The van der Waals surface area contributed by atoms with Gasteiger partial charge < -0.3 is 11.5 Å². The lowest BCUT2D eigenvalue weighted by molar-refractivity contribution is -0.447. The highest BCUT2D eigenvalue weighted by Gasteiger charge is 2.96. The summed E-state index contributed by atoms with van der Waals surface area (Å²) in [7, 11) is 0. The van der Waals surface area contributed by atoms with Gasteiger partial charge >= 0.3 is 53.8 Å². The number of rotatable bonds is 13. The average Bonchev–Trinajstić information content (AvgIpc) is 3.10. The highest BCUT2D eigenvalue weighted by molar-refractivity contribution is 5.51. The highest BCUT2D eigenvalue weighted by Crippen LogP contribution is 2.70. The van der Waals surface area contributed by atoms with Crippen LogP contribution in [0.5, 0.6) is 0 Å². The summed E-state index contributed by atoms with van der Waals surface area (Å²) in [4.78, 5) is 0. The fourth-order valence-electron chi connectivity index (χ4n) is 6.00. The van der Waals surface area contributed by atoms with Crippen molar-refractivity contribution in [3.05, 3.63) is 130 Å². The van der Waals surface area contributed by atoms with Gasteiger partial charge in [-0.2, -0.15) is 87.8 Å². The Labute approximate surface area is 313 Å². The fraction of sp³-hybridized carbons (Fsp3) is 0.333. The second kappa shape index (κ2) is 14.4. The maximum absolute atomic E-state index is 16.7. The minimum absolute atomic E-state index is 0.165. The van der Waals surface area contributed by atoms with Crippen LogP contribution in [0.1, 0.15) is 33.4 Å². The van der Waals surface area contributed by atoms with Crippen LogP contribution in [0, 0.1) is 0 Å². The molecule has 0 saturated heterocycles. The predicted molar refractivity (Wildman–Crippen MR) is 168 cm³/mol. The summed E-state index contributed by atoms with van der Waals surface area (Å²) in [6.07, 6.45) is -16.6. The van der Waals surface area contributed by atoms with Crippen molar-refractivity contribution in [1.82, 2.24) is 0 Å². The first-order chi connectivity index (χ1) is 26.1. The smallest absolute Gasteiger partial charge is 0.399 e. The van der Waals surface area contributed by atoms with E-state index in [0.29, 0.717) is 24.3 Å². The van der Waals surface area contributed by atoms with E-state index < -0.39 is 83.2 Å². The summed E-state index contributed by atoms with van der Waals surface area (Å²) < 4.78 is 295. The van der Waals surface area contributed by atoms with Gasteiger partial charge in [-0.05, 0) is 70.5 Å². The lowest BCUT2D eigenvalue weighted by atomic mass is 9.60. The molecule has 22 heteroatoms. The molecule has 0 bridgehead atoms. The summed E-state index contributed by atoms with van der Waals surface area (Å²) in [6, 6.07) is 10.3. The van der Waals surface area contributed by atoms with E-state index in [1.54, 1.807) is 0 Å². The van der Waals surface area contributed by atoms with Crippen LogP contribution >= 0.6 is 0 Å². The number of alkyl halides is 20. The molecule has 0 fully saturated rings. The average molecular weight is 865 g/mol. The van der Waals surface area contributed by atoms with E-state index in [9.17, 15) is 52.7 Å². The van der Waals surface area contributed by atoms with Gasteiger partial charge in [-0.1, -0.05) is 72.8 Å². The van der Waals surface area contributed by atoms with E-state index in [1.165, 1.54) is 48.5 Å². The molecule has 4 aromatic carbocycles. The molecule has 4 rings (SSSR count). The number of nitrogen functional groups attached to an aromatic ring is 2. The lowest BCUT2D eigenvalue weighted by Crippen LogP contribution is -2.78. The topological polar surface area (TPSA) is 52.0 Å². The lowest BCUT2D eigenvalue weighted by Gasteiger charge is -2.52. The van der Waals surface area contributed by atoms with E-state index in [0.717, 1.165) is 0 Å². The SMILES string of the molecule is Nc1ccc(Cc2ccc(C(c3ccc(Cc4ccc(N)cc4)cc3)(C(F)(F)C(F)(F)C(F)(F)C(F)(F)F)C(F)(F)C(F)(F)C(F)(F)C(F)(F)C(F)(F)F)cc2)cc1. The molecule has 0 aliphatic rings. The number of anilines is 2. The Bertz CT molecular complexity index is 1940. The molecule has 0 unspecified atom stereocenters. The molecule has 0 amide bonds. The Morgan fingerprint density at radius 2 is 0.483 bits per heavy atom. The van der Waals surface area contributed by atoms with Crippen LogP contribution < -0.4 is 11.5 Å². The van der Waals surface area contributed by atoms with Crippen LogP contribution in [0.15, 0.2) is 97.1 Å². The maximum Gasteiger partial charge on any atom is 0.460 e. The molecule has 4 N–H and O–H groups in total. The Kier molecular flexibility index (Phi) is 11.4. The molecular weight excluding hydrogens is 840 g/mol. The zero-order chi connectivity index (χ0) is 44.3. The van der Waals surface area contributed by atoms with Crippen LogP contribution in [0.3, 0.4) is 0 Å². The van der Waals surface area contributed by atoms with Gasteiger partial charge in [0.25, 0.3) is 0 Å². The van der Waals surface area contributed by atoms with Gasteiger partial charge in [0.2, 0.25) is 0 Å². The Morgan fingerprint density at radius 1 is 0.276 bits per heavy atom. The molecule has 4 aromatic rings. The number of hydrogen-bond donors (Lipinski definition) is 2. The monoisotopic (exact) mass is 864 g/mol. The van der Waals surface area contributed by atoms with Gasteiger partial charge in [0, 0.05) is 11.4 Å². The van der Waals surface area contributed by atoms with Crippen molar-refractivity contribution in [2.24, 2.45) is 0 Å². The zero-order valence-electron chi connectivity index (χ0n) is 28.4. The molecule has 58 heavy (non-hydrogen) atoms. The van der Waals surface area contributed by atoms with Gasteiger partial charge in [-0.15, -0.1) is 0 Å². The van der Waals surface area contributed by atoms with E-state index in [1.807, 2.05) is 0 Å². The molecule has 0 spiro atoms. The fourth-order valence-corrected chi connectivity index (χ4v) is 6.00. The first kappa shape index (κ1) is 45.8. The standard InChI is InChI=1S/C36H24F20N2/c37-28(38,30(41,42)32(45,46)34(49,50)36(54,55)56)27(29(39,40)31(43,44)33(47,48)35(51,52)53,23-9-1-19(2-10-23)17-21-5-13-25(57)14-6-21)24-11-3-20(4-12-24)18-22-7-15-26(58)16-8-22/h1-16H,17-18,57-58H2. The Morgan fingerprint density at radius 3 is 0.724 bits per heavy atom. The molecule has 0 aliphatic carbocycles. The predicted octanol–water partition coefficient (Wildman–Crippen LogP) is 11.9. The minimum Gasteiger partial charge on any atom is -0.399 e. The van der Waals surface area contributed by atoms with Crippen molar-refractivity contribution in [2.45, 2.75) is 72.1 Å². The van der Waals surface area contributed by atoms with Crippen molar-refractivity contribution in [1.29, 1.82) is 0 Å². The van der Waals surface area contributed by atoms with Crippen LogP contribution in [-0.4, -0.2) is 53.8 Å². The van der Waals surface area contributed by atoms with E-state index in [-0.39, 0.29) is 57.9 Å². The largest absolute Gasteiger partial charge is 0.460 e. The first-order valence-corrected chi connectivity index (χ1v) is 15.8. The van der Waals surface area contributed by atoms with Gasteiger partial charge in [-0.3, -0.25) is 0 Å². The van der Waals surface area contributed by atoms with E-state index in [4.69, 9.17) is 11.5 Å².